The molecule has 100 valence electrons. The molecule has 4 N–H and O–H groups in total. The van der Waals surface area contributed by atoms with Crippen LogP contribution >= 0.6 is 11.3 Å². The van der Waals surface area contributed by atoms with Gasteiger partial charge in [-0.2, -0.15) is 0 Å². The molecule has 1 heterocycles. The lowest BCUT2D eigenvalue weighted by Gasteiger charge is -2.21. The van der Waals surface area contributed by atoms with Crippen molar-refractivity contribution in [3.05, 3.63) is 16.6 Å². The van der Waals surface area contributed by atoms with Crippen LogP contribution in [-0.4, -0.2) is 39.3 Å². The maximum Gasteiger partial charge on any atom is 0.315 e. The van der Waals surface area contributed by atoms with E-state index >= 15 is 0 Å². The van der Waals surface area contributed by atoms with Gasteiger partial charge in [0, 0.05) is 18.1 Å². The van der Waals surface area contributed by atoms with E-state index in [9.17, 15) is 14.7 Å². The fourth-order valence-electron chi connectivity index (χ4n) is 1.22. The van der Waals surface area contributed by atoms with Crippen LogP contribution in [0.5, 0.6) is 0 Å². The number of amides is 2. The Morgan fingerprint density at radius 1 is 1.50 bits per heavy atom. The molecule has 1 atom stereocenters. The zero-order valence-electron chi connectivity index (χ0n) is 9.84. The molecule has 0 saturated heterocycles. The van der Waals surface area contributed by atoms with E-state index in [1.165, 1.54) is 18.3 Å². The number of rotatable bonds is 6. The van der Waals surface area contributed by atoms with E-state index in [0.29, 0.717) is 6.54 Å². The number of carboxylic acids is 1. The minimum absolute atomic E-state index is 0.136. The normalized spacial score (nSPS) is 13.7. The molecule has 8 heteroatoms. The molecule has 1 rings (SSSR count). The first-order valence-electron chi connectivity index (χ1n) is 5.23. The van der Waals surface area contributed by atoms with E-state index in [2.05, 4.69) is 15.6 Å². The summed E-state index contributed by atoms with van der Waals surface area (Å²) in [5.74, 6) is -1.12. The van der Waals surface area contributed by atoms with Crippen molar-refractivity contribution in [2.75, 3.05) is 6.54 Å². The second kappa shape index (κ2) is 6.31. The number of carboxylic acid groups (broad SMARTS) is 1. The van der Waals surface area contributed by atoms with E-state index in [0.717, 1.165) is 5.01 Å². The molecule has 1 aromatic rings. The van der Waals surface area contributed by atoms with Gasteiger partial charge in [-0.05, 0) is 6.92 Å². The number of hydrogen-bond donors (Lipinski definition) is 4. The Hall–Kier alpha value is -1.67. The van der Waals surface area contributed by atoms with Gasteiger partial charge in [0.1, 0.15) is 5.01 Å². The SMILES string of the molecule is CC(O)(CNC(=O)NCc1nccs1)CC(=O)O. The number of carbonyl (C=O) groups excluding carboxylic acids is 1. The largest absolute Gasteiger partial charge is 0.481 e. The quantitative estimate of drug-likeness (QED) is 0.590. The van der Waals surface area contributed by atoms with Crippen molar-refractivity contribution in [2.45, 2.75) is 25.5 Å². The molecule has 0 saturated carbocycles. The van der Waals surface area contributed by atoms with Crippen LogP contribution in [0.2, 0.25) is 0 Å². The monoisotopic (exact) mass is 273 g/mol. The van der Waals surface area contributed by atoms with Gasteiger partial charge in [0.2, 0.25) is 0 Å². The third-order valence-electron chi connectivity index (χ3n) is 2.05. The summed E-state index contributed by atoms with van der Waals surface area (Å²) in [5, 5.41) is 25.7. The standard InChI is InChI=1S/C10H15N3O4S/c1-10(17,4-8(14)15)6-13-9(16)12-5-7-11-2-3-18-7/h2-3,17H,4-6H2,1H3,(H,14,15)(H2,12,13,16). The highest BCUT2D eigenvalue weighted by Crippen LogP contribution is 2.07. The van der Waals surface area contributed by atoms with E-state index in [4.69, 9.17) is 5.11 Å². The first-order chi connectivity index (χ1) is 8.39. The molecular weight excluding hydrogens is 258 g/mol. The Kier molecular flexibility index (Phi) is 5.05. The van der Waals surface area contributed by atoms with Gasteiger partial charge in [0.15, 0.2) is 0 Å². The van der Waals surface area contributed by atoms with Crippen molar-refractivity contribution in [3.8, 4) is 0 Å². The lowest BCUT2D eigenvalue weighted by Crippen LogP contribution is -2.45. The van der Waals surface area contributed by atoms with E-state index in [1.54, 1.807) is 11.6 Å². The Balaban J connectivity index is 2.26. The molecule has 18 heavy (non-hydrogen) atoms. The molecule has 2 amide bonds. The average molecular weight is 273 g/mol. The molecule has 0 spiro atoms. The van der Waals surface area contributed by atoms with E-state index in [-0.39, 0.29) is 6.54 Å². The van der Waals surface area contributed by atoms with Crippen molar-refractivity contribution in [3.63, 3.8) is 0 Å². The molecule has 0 fully saturated rings. The molecule has 0 aliphatic carbocycles. The number of aliphatic hydroxyl groups is 1. The van der Waals surface area contributed by atoms with Gasteiger partial charge in [0.25, 0.3) is 0 Å². The summed E-state index contributed by atoms with van der Waals surface area (Å²) in [6.07, 6.45) is 1.21. The van der Waals surface area contributed by atoms with Crippen molar-refractivity contribution >= 4 is 23.3 Å². The number of hydrogen-bond acceptors (Lipinski definition) is 5. The molecule has 0 aliphatic rings. The van der Waals surface area contributed by atoms with Crippen LogP contribution in [-0.2, 0) is 11.3 Å². The number of nitrogens with one attached hydrogen (secondary N) is 2. The average Bonchev–Trinajstić information content (AvgIpc) is 2.74. The van der Waals surface area contributed by atoms with Gasteiger partial charge in [-0.3, -0.25) is 4.79 Å². The van der Waals surface area contributed by atoms with Crippen LogP contribution in [0.15, 0.2) is 11.6 Å². The summed E-state index contributed by atoms with van der Waals surface area (Å²) >= 11 is 1.42. The summed E-state index contributed by atoms with van der Waals surface area (Å²) in [5.41, 5.74) is -1.47. The maximum absolute atomic E-state index is 11.4. The zero-order chi connectivity index (χ0) is 13.6. The summed E-state index contributed by atoms with van der Waals surface area (Å²) < 4.78 is 0. The summed E-state index contributed by atoms with van der Waals surface area (Å²) in [4.78, 5) is 25.8. The van der Waals surface area contributed by atoms with E-state index in [1.807, 2.05) is 0 Å². The number of aromatic nitrogens is 1. The van der Waals surface area contributed by atoms with Crippen molar-refractivity contribution < 1.29 is 19.8 Å². The summed E-state index contributed by atoms with van der Waals surface area (Å²) in [7, 11) is 0. The molecule has 0 aromatic carbocycles. The van der Waals surface area contributed by atoms with Crippen LogP contribution in [0.1, 0.15) is 18.4 Å². The first kappa shape index (κ1) is 14.4. The van der Waals surface area contributed by atoms with Crippen molar-refractivity contribution in [1.29, 1.82) is 0 Å². The summed E-state index contributed by atoms with van der Waals surface area (Å²) in [6.45, 7) is 1.51. The van der Waals surface area contributed by atoms with Crippen LogP contribution in [0.3, 0.4) is 0 Å². The predicted molar refractivity (Wildman–Crippen MR) is 65.2 cm³/mol. The molecular formula is C10H15N3O4S. The third kappa shape index (κ3) is 5.60. The fourth-order valence-corrected chi connectivity index (χ4v) is 1.77. The van der Waals surface area contributed by atoms with Gasteiger partial charge >= 0.3 is 12.0 Å². The van der Waals surface area contributed by atoms with Crippen LogP contribution < -0.4 is 10.6 Å². The van der Waals surface area contributed by atoms with Gasteiger partial charge in [-0.15, -0.1) is 11.3 Å². The third-order valence-corrected chi connectivity index (χ3v) is 2.83. The minimum atomic E-state index is -1.47. The Bertz CT molecular complexity index is 405. The predicted octanol–water partition coefficient (Wildman–Crippen LogP) is 0.168. The summed E-state index contributed by atoms with van der Waals surface area (Å²) in [6, 6.07) is -0.476. The molecule has 1 unspecified atom stereocenters. The minimum Gasteiger partial charge on any atom is -0.481 e. The number of aliphatic carboxylic acids is 1. The Labute approximate surface area is 108 Å². The molecule has 7 nitrogen and oxygen atoms in total. The van der Waals surface area contributed by atoms with Crippen molar-refractivity contribution in [2.24, 2.45) is 0 Å². The molecule has 0 radical (unpaired) electrons. The number of thiazole rings is 1. The second-order valence-electron chi connectivity index (χ2n) is 4.03. The highest BCUT2D eigenvalue weighted by Gasteiger charge is 2.24. The second-order valence-corrected chi connectivity index (χ2v) is 5.01. The fraction of sp³-hybridized carbons (Fsp3) is 0.500. The number of urea groups is 1. The number of nitrogens with zero attached hydrogens (tertiary/aromatic N) is 1. The topological polar surface area (TPSA) is 112 Å². The lowest BCUT2D eigenvalue weighted by molar-refractivity contribution is -0.141. The molecule has 0 bridgehead atoms. The van der Waals surface area contributed by atoms with Crippen molar-refractivity contribution in [1.82, 2.24) is 15.6 Å². The Morgan fingerprint density at radius 2 is 2.22 bits per heavy atom. The molecule has 0 aliphatic heterocycles. The first-order valence-corrected chi connectivity index (χ1v) is 6.11. The molecule has 1 aromatic heterocycles. The van der Waals surface area contributed by atoms with Crippen LogP contribution in [0.25, 0.3) is 0 Å². The smallest absolute Gasteiger partial charge is 0.315 e. The van der Waals surface area contributed by atoms with Gasteiger partial charge in [-0.1, -0.05) is 0 Å². The van der Waals surface area contributed by atoms with E-state index < -0.39 is 24.0 Å². The highest BCUT2D eigenvalue weighted by atomic mass is 32.1. The highest BCUT2D eigenvalue weighted by molar-refractivity contribution is 7.09. The zero-order valence-corrected chi connectivity index (χ0v) is 10.7. The van der Waals surface area contributed by atoms with Gasteiger partial charge < -0.3 is 20.8 Å². The lowest BCUT2D eigenvalue weighted by atomic mass is 10.0. The van der Waals surface area contributed by atoms with Gasteiger partial charge in [0.05, 0.1) is 18.6 Å². The van der Waals surface area contributed by atoms with Gasteiger partial charge in [-0.25, -0.2) is 9.78 Å². The maximum atomic E-state index is 11.4. The Morgan fingerprint density at radius 3 is 2.78 bits per heavy atom. The number of carbonyl (C=O) groups is 2. The van der Waals surface area contributed by atoms with Crippen LogP contribution in [0, 0.1) is 0 Å². The van der Waals surface area contributed by atoms with Crippen LogP contribution in [0.4, 0.5) is 4.79 Å².